The molecular formula is C19H17N9O2S. The molecule has 12 heteroatoms. The first-order valence-corrected chi connectivity index (χ1v) is 10.7. The summed E-state index contributed by atoms with van der Waals surface area (Å²) in [6.07, 6.45) is 5.43. The summed E-state index contributed by atoms with van der Waals surface area (Å²) in [5.41, 5.74) is 2.10. The van der Waals surface area contributed by atoms with E-state index in [1.807, 2.05) is 34.9 Å². The molecule has 4 aromatic heterocycles. The number of imidazole rings is 1. The number of aromatic nitrogens is 6. The second-order valence-corrected chi connectivity index (χ2v) is 8.44. The second-order valence-electron chi connectivity index (χ2n) is 7.45. The maximum absolute atomic E-state index is 12.0. The number of anilines is 2. The highest BCUT2D eigenvalue weighted by Crippen LogP contribution is 2.30. The summed E-state index contributed by atoms with van der Waals surface area (Å²) in [6, 6.07) is 7.26. The SMILES string of the molecule is O=C(Nc1cn2nc(Sc3nnc4ccc(N5CCNC5=O)cn34)ccc2n1)C1CC1. The van der Waals surface area contributed by atoms with Crippen molar-refractivity contribution in [2.24, 2.45) is 5.92 Å². The van der Waals surface area contributed by atoms with Gasteiger partial charge >= 0.3 is 6.03 Å². The molecule has 0 radical (unpaired) electrons. The monoisotopic (exact) mass is 435 g/mol. The van der Waals surface area contributed by atoms with Crippen LogP contribution in [0.5, 0.6) is 0 Å². The van der Waals surface area contributed by atoms with Crippen LogP contribution >= 0.6 is 11.8 Å². The third-order valence-corrected chi connectivity index (χ3v) is 6.10. The molecule has 156 valence electrons. The van der Waals surface area contributed by atoms with Crippen molar-refractivity contribution in [2.45, 2.75) is 23.0 Å². The Labute approximate surface area is 179 Å². The van der Waals surface area contributed by atoms with Crippen molar-refractivity contribution in [2.75, 3.05) is 23.3 Å². The zero-order valence-corrected chi connectivity index (χ0v) is 17.0. The van der Waals surface area contributed by atoms with Crippen LogP contribution in [-0.2, 0) is 4.79 Å². The number of nitrogens with one attached hydrogen (secondary N) is 2. The second kappa shape index (κ2) is 6.94. The normalized spacial score (nSPS) is 16.3. The number of pyridine rings is 1. The highest BCUT2D eigenvalue weighted by Gasteiger charge is 2.30. The van der Waals surface area contributed by atoms with E-state index >= 15 is 0 Å². The number of nitrogens with zero attached hydrogens (tertiary/aromatic N) is 7. The molecule has 2 fully saturated rings. The summed E-state index contributed by atoms with van der Waals surface area (Å²) in [7, 11) is 0. The van der Waals surface area contributed by atoms with E-state index in [9.17, 15) is 9.59 Å². The van der Waals surface area contributed by atoms with E-state index in [1.54, 1.807) is 15.6 Å². The Morgan fingerprint density at radius 3 is 2.81 bits per heavy atom. The van der Waals surface area contributed by atoms with Gasteiger partial charge in [0.1, 0.15) is 5.03 Å². The van der Waals surface area contributed by atoms with Crippen LogP contribution in [0.25, 0.3) is 11.3 Å². The van der Waals surface area contributed by atoms with Gasteiger partial charge in [-0.3, -0.25) is 14.1 Å². The van der Waals surface area contributed by atoms with Crippen LogP contribution in [0.1, 0.15) is 12.8 Å². The van der Waals surface area contributed by atoms with Crippen LogP contribution in [0.4, 0.5) is 16.3 Å². The van der Waals surface area contributed by atoms with Crippen LogP contribution in [0.15, 0.2) is 46.8 Å². The molecule has 11 nitrogen and oxygen atoms in total. The van der Waals surface area contributed by atoms with E-state index < -0.39 is 0 Å². The van der Waals surface area contributed by atoms with E-state index in [2.05, 4.69) is 30.9 Å². The maximum Gasteiger partial charge on any atom is 0.322 e. The van der Waals surface area contributed by atoms with E-state index in [0.717, 1.165) is 18.5 Å². The quantitative estimate of drug-likeness (QED) is 0.490. The first-order chi connectivity index (χ1) is 15.1. The van der Waals surface area contributed by atoms with Crippen molar-refractivity contribution < 1.29 is 9.59 Å². The van der Waals surface area contributed by atoms with Crippen molar-refractivity contribution in [3.63, 3.8) is 0 Å². The third-order valence-electron chi connectivity index (χ3n) is 5.21. The number of carbonyl (C=O) groups excluding carboxylic acids is 2. The number of amides is 3. The minimum Gasteiger partial charge on any atom is -0.336 e. The van der Waals surface area contributed by atoms with Crippen molar-refractivity contribution in [1.29, 1.82) is 0 Å². The Morgan fingerprint density at radius 1 is 1.13 bits per heavy atom. The lowest BCUT2D eigenvalue weighted by molar-refractivity contribution is -0.117. The van der Waals surface area contributed by atoms with E-state index in [-0.39, 0.29) is 17.9 Å². The fraction of sp³-hybridized carbons (Fsp3) is 0.263. The molecule has 0 spiro atoms. The Hall–Kier alpha value is -3.67. The number of urea groups is 1. The fourth-order valence-corrected chi connectivity index (χ4v) is 4.23. The number of carbonyl (C=O) groups is 2. The zero-order valence-electron chi connectivity index (χ0n) is 16.2. The molecule has 0 atom stereocenters. The summed E-state index contributed by atoms with van der Waals surface area (Å²) >= 11 is 1.35. The highest BCUT2D eigenvalue weighted by atomic mass is 32.2. The zero-order chi connectivity index (χ0) is 20.9. The summed E-state index contributed by atoms with van der Waals surface area (Å²) in [4.78, 5) is 30.0. The number of hydrogen-bond donors (Lipinski definition) is 2. The Balaban J connectivity index is 1.27. The molecule has 2 aliphatic rings. The molecule has 0 aromatic carbocycles. The first-order valence-electron chi connectivity index (χ1n) is 9.89. The molecule has 5 heterocycles. The van der Waals surface area contributed by atoms with Gasteiger partial charge in [-0.25, -0.2) is 14.3 Å². The Kier molecular flexibility index (Phi) is 4.06. The van der Waals surface area contributed by atoms with Gasteiger partial charge in [-0.15, -0.1) is 10.2 Å². The summed E-state index contributed by atoms with van der Waals surface area (Å²) < 4.78 is 3.47. The number of fused-ring (bicyclic) bond motifs is 2. The van der Waals surface area contributed by atoms with Crippen LogP contribution in [0, 0.1) is 5.92 Å². The highest BCUT2D eigenvalue weighted by molar-refractivity contribution is 7.99. The molecule has 6 rings (SSSR count). The Bertz CT molecular complexity index is 1340. The number of hydrogen-bond acceptors (Lipinski definition) is 7. The minimum absolute atomic E-state index is 0.00965. The topological polar surface area (TPSA) is 122 Å². The van der Waals surface area contributed by atoms with E-state index in [1.165, 1.54) is 11.8 Å². The third kappa shape index (κ3) is 3.34. The molecule has 1 aliphatic heterocycles. The molecule has 1 aliphatic carbocycles. The van der Waals surface area contributed by atoms with Crippen LogP contribution in [0.2, 0.25) is 0 Å². The largest absolute Gasteiger partial charge is 0.336 e. The van der Waals surface area contributed by atoms with Gasteiger partial charge in [-0.05, 0) is 48.9 Å². The van der Waals surface area contributed by atoms with Crippen LogP contribution < -0.4 is 15.5 Å². The predicted octanol–water partition coefficient (Wildman–Crippen LogP) is 1.80. The average molecular weight is 435 g/mol. The fourth-order valence-electron chi connectivity index (χ4n) is 3.45. The molecule has 1 saturated carbocycles. The lowest BCUT2D eigenvalue weighted by atomic mass is 10.3. The van der Waals surface area contributed by atoms with Crippen LogP contribution in [0.3, 0.4) is 0 Å². The summed E-state index contributed by atoms with van der Waals surface area (Å²) in [5.74, 6) is 0.616. The maximum atomic E-state index is 12.0. The van der Waals surface area contributed by atoms with Gasteiger partial charge in [0.2, 0.25) is 11.1 Å². The standard InChI is InChI=1S/C19H17N9O2S/c29-17(11-1-2-11)22-13-10-28-14(21-13)5-6-16(25-28)31-19-24-23-15-4-3-12(9-27(15)19)26-8-7-20-18(26)30/h3-6,9-11H,1-2,7-8H2,(H,20,30)(H,22,29). The summed E-state index contributed by atoms with van der Waals surface area (Å²) in [5, 5.41) is 20.0. The van der Waals surface area contributed by atoms with Crippen molar-refractivity contribution in [3.8, 4) is 0 Å². The smallest absolute Gasteiger partial charge is 0.322 e. The minimum atomic E-state index is -0.113. The number of rotatable bonds is 5. The van der Waals surface area contributed by atoms with Crippen molar-refractivity contribution >= 4 is 46.5 Å². The molecule has 31 heavy (non-hydrogen) atoms. The van der Waals surface area contributed by atoms with Gasteiger partial charge in [0.15, 0.2) is 17.1 Å². The molecule has 2 N–H and O–H groups in total. The molecule has 1 saturated heterocycles. The molecular weight excluding hydrogens is 418 g/mol. The van der Waals surface area contributed by atoms with Crippen LogP contribution in [-0.4, -0.2) is 54.2 Å². The Morgan fingerprint density at radius 2 is 2.00 bits per heavy atom. The van der Waals surface area contributed by atoms with Crippen molar-refractivity contribution in [1.82, 2.24) is 34.5 Å². The molecule has 0 unspecified atom stereocenters. The molecule has 0 bridgehead atoms. The lowest BCUT2D eigenvalue weighted by Crippen LogP contribution is -2.27. The summed E-state index contributed by atoms with van der Waals surface area (Å²) in [6.45, 7) is 1.24. The van der Waals surface area contributed by atoms with Gasteiger partial charge in [-0.1, -0.05) is 0 Å². The van der Waals surface area contributed by atoms with Gasteiger partial charge in [0, 0.05) is 25.2 Å². The van der Waals surface area contributed by atoms with Gasteiger partial charge in [0.25, 0.3) is 0 Å². The molecule has 4 aromatic rings. The lowest BCUT2D eigenvalue weighted by Gasteiger charge is -2.14. The first kappa shape index (κ1) is 18.1. The van der Waals surface area contributed by atoms with Gasteiger partial charge in [-0.2, -0.15) is 5.10 Å². The molecule has 3 amide bonds. The van der Waals surface area contributed by atoms with Gasteiger partial charge in [0.05, 0.1) is 11.9 Å². The van der Waals surface area contributed by atoms with E-state index in [4.69, 9.17) is 0 Å². The van der Waals surface area contributed by atoms with Crippen molar-refractivity contribution in [3.05, 3.63) is 36.7 Å². The van der Waals surface area contributed by atoms with E-state index in [0.29, 0.717) is 40.4 Å². The average Bonchev–Trinajstić information content (AvgIpc) is 3.24. The van der Waals surface area contributed by atoms with Gasteiger partial charge < -0.3 is 10.6 Å². The predicted molar refractivity (Wildman–Crippen MR) is 112 cm³/mol.